The average Bonchev–Trinajstić information content (AvgIpc) is 3.20. The van der Waals surface area contributed by atoms with Crippen molar-refractivity contribution in [1.29, 1.82) is 0 Å². The van der Waals surface area contributed by atoms with E-state index in [1.807, 2.05) is 0 Å². The third-order valence-corrected chi connectivity index (χ3v) is 6.55. The van der Waals surface area contributed by atoms with Gasteiger partial charge in [0.05, 0.1) is 17.6 Å². The molecule has 0 aromatic heterocycles. The molecule has 1 saturated heterocycles. The molecule has 0 spiro atoms. The summed E-state index contributed by atoms with van der Waals surface area (Å²) < 4.78 is 32.9. The number of hydrogen-bond acceptors (Lipinski definition) is 5. The second-order valence-corrected chi connectivity index (χ2v) is 8.65. The zero-order valence-corrected chi connectivity index (χ0v) is 17.5. The molecule has 2 N–H and O–H groups in total. The Morgan fingerprint density at radius 3 is 2.66 bits per heavy atom. The van der Waals surface area contributed by atoms with Gasteiger partial charge in [0.15, 0.2) is 0 Å². The quantitative estimate of drug-likeness (QED) is 0.690. The molecule has 2 aromatic rings. The van der Waals surface area contributed by atoms with Crippen LogP contribution in [0.15, 0.2) is 53.4 Å². The third kappa shape index (κ3) is 5.07. The van der Waals surface area contributed by atoms with Gasteiger partial charge in [0.25, 0.3) is 15.9 Å². The molecule has 1 aliphatic rings. The number of carbonyl (C=O) groups is 1. The topological polar surface area (TPSA) is 87.7 Å². The number of hydrogen-bond donors (Lipinski definition) is 2. The van der Waals surface area contributed by atoms with E-state index in [2.05, 4.69) is 21.9 Å². The maximum atomic E-state index is 12.8. The van der Waals surface area contributed by atoms with Crippen LogP contribution in [-0.4, -0.2) is 52.0 Å². The summed E-state index contributed by atoms with van der Waals surface area (Å²) in [5.41, 5.74) is 0.595. The Balaban J connectivity index is 1.75. The van der Waals surface area contributed by atoms with E-state index in [1.165, 1.54) is 25.3 Å². The average molecular weight is 418 g/mol. The standard InChI is InChI=1S/C21H27N3O4S/c1-3-24-13-7-8-17(24)15-22-21(25)19-14-16(11-12-20(19)28-2)23-29(26,27)18-9-5-4-6-10-18/h4-6,9-12,14,17,23H,3,7-8,13,15H2,1-2H3,(H,22,25). The van der Waals surface area contributed by atoms with E-state index in [0.29, 0.717) is 29.6 Å². The summed E-state index contributed by atoms with van der Waals surface area (Å²) >= 11 is 0. The Bertz CT molecular complexity index is 948. The first-order valence-corrected chi connectivity index (χ1v) is 11.2. The van der Waals surface area contributed by atoms with Gasteiger partial charge in [0.2, 0.25) is 0 Å². The largest absolute Gasteiger partial charge is 0.496 e. The normalized spacial score (nSPS) is 17.1. The Morgan fingerprint density at radius 1 is 1.21 bits per heavy atom. The van der Waals surface area contributed by atoms with Crippen LogP contribution in [0.2, 0.25) is 0 Å². The molecule has 2 aromatic carbocycles. The van der Waals surface area contributed by atoms with E-state index in [-0.39, 0.29) is 10.8 Å². The lowest BCUT2D eigenvalue weighted by Crippen LogP contribution is -2.40. The second kappa shape index (κ2) is 9.28. The van der Waals surface area contributed by atoms with Gasteiger partial charge in [-0.3, -0.25) is 14.4 Å². The minimum absolute atomic E-state index is 0.155. The molecule has 156 valence electrons. The Labute approximate surface area is 172 Å². The second-order valence-electron chi connectivity index (χ2n) is 6.97. The number of rotatable bonds is 8. The Morgan fingerprint density at radius 2 is 1.97 bits per heavy atom. The van der Waals surface area contributed by atoms with Gasteiger partial charge < -0.3 is 10.1 Å². The molecule has 1 aliphatic heterocycles. The van der Waals surface area contributed by atoms with Gasteiger partial charge in [0.1, 0.15) is 5.75 Å². The van der Waals surface area contributed by atoms with Crippen LogP contribution in [0.4, 0.5) is 5.69 Å². The highest BCUT2D eigenvalue weighted by molar-refractivity contribution is 7.92. The van der Waals surface area contributed by atoms with Gasteiger partial charge in [-0.1, -0.05) is 25.1 Å². The fourth-order valence-corrected chi connectivity index (χ4v) is 4.68. The van der Waals surface area contributed by atoms with Crippen LogP contribution < -0.4 is 14.8 Å². The van der Waals surface area contributed by atoms with Gasteiger partial charge in [0, 0.05) is 18.3 Å². The third-order valence-electron chi connectivity index (χ3n) is 5.15. The molecule has 1 atom stereocenters. The molecule has 8 heteroatoms. The van der Waals surface area contributed by atoms with E-state index in [4.69, 9.17) is 4.74 Å². The molecule has 1 unspecified atom stereocenters. The predicted octanol–water partition coefficient (Wildman–Crippen LogP) is 2.71. The number of nitrogens with zero attached hydrogens (tertiary/aromatic N) is 1. The molecule has 1 fully saturated rings. The maximum absolute atomic E-state index is 12.8. The maximum Gasteiger partial charge on any atom is 0.261 e. The van der Waals surface area contributed by atoms with Gasteiger partial charge in [-0.15, -0.1) is 0 Å². The monoisotopic (exact) mass is 417 g/mol. The number of nitrogens with one attached hydrogen (secondary N) is 2. The van der Waals surface area contributed by atoms with Crippen LogP contribution >= 0.6 is 0 Å². The lowest BCUT2D eigenvalue weighted by molar-refractivity contribution is 0.0938. The molecule has 3 rings (SSSR count). The molecule has 29 heavy (non-hydrogen) atoms. The molecule has 0 radical (unpaired) electrons. The zero-order chi connectivity index (χ0) is 20.9. The molecule has 0 bridgehead atoms. The number of ether oxygens (including phenoxy) is 1. The number of anilines is 1. The SMILES string of the molecule is CCN1CCCC1CNC(=O)c1cc(NS(=O)(=O)c2ccccc2)ccc1OC. The summed E-state index contributed by atoms with van der Waals surface area (Å²) in [4.78, 5) is 15.3. The minimum atomic E-state index is -3.74. The highest BCUT2D eigenvalue weighted by atomic mass is 32.2. The van der Waals surface area contributed by atoms with Crippen molar-refractivity contribution in [2.75, 3.05) is 31.5 Å². The van der Waals surface area contributed by atoms with Crippen molar-refractivity contribution in [2.45, 2.75) is 30.7 Å². The molecule has 1 amide bonds. The van der Waals surface area contributed by atoms with Gasteiger partial charge in [-0.05, 0) is 56.3 Å². The van der Waals surface area contributed by atoms with Crippen molar-refractivity contribution >= 4 is 21.6 Å². The van der Waals surface area contributed by atoms with Crippen LogP contribution in [0.5, 0.6) is 5.75 Å². The number of carbonyl (C=O) groups excluding carboxylic acids is 1. The Hall–Kier alpha value is -2.58. The molecular weight excluding hydrogens is 390 g/mol. The van der Waals surface area contributed by atoms with Crippen molar-refractivity contribution in [3.05, 3.63) is 54.1 Å². The molecule has 7 nitrogen and oxygen atoms in total. The summed E-state index contributed by atoms with van der Waals surface area (Å²) in [5.74, 6) is 0.106. The molecular formula is C21H27N3O4S. The number of likely N-dealkylation sites (N-methyl/N-ethyl adjacent to an activating group) is 1. The van der Waals surface area contributed by atoms with Crippen molar-refractivity contribution in [3.63, 3.8) is 0 Å². The number of likely N-dealkylation sites (tertiary alicyclic amines) is 1. The molecule has 0 aliphatic carbocycles. The lowest BCUT2D eigenvalue weighted by Gasteiger charge is -2.23. The van der Waals surface area contributed by atoms with E-state index >= 15 is 0 Å². The van der Waals surface area contributed by atoms with Crippen LogP contribution in [0.25, 0.3) is 0 Å². The fourth-order valence-electron chi connectivity index (χ4n) is 3.61. The number of amides is 1. The summed E-state index contributed by atoms with van der Waals surface area (Å²) in [7, 11) is -2.26. The summed E-state index contributed by atoms with van der Waals surface area (Å²) in [6, 6.07) is 13.1. The first kappa shape index (κ1) is 21.1. The van der Waals surface area contributed by atoms with Crippen LogP contribution in [-0.2, 0) is 10.0 Å². The lowest BCUT2D eigenvalue weighted by atomic mass is 10.1. The number of methoxy groups -OCH3 is 1. The van der Waals surface area contributed by atoms with E-state index in [1.54, 1.807) is 30.3 Å². The first-order valence-electron chi connectivity index (χ1n) is 9.72. The number of benzene rings is 2. The van der Waals surface area contributed by atoms with Crippen molar-refractivity contribution in [1.82, 2.24) is 10.2 Å². The Kier molecular flexibility index (Phi) is 6.76. The van der Waals surface area contributed by atoms with Gasteiger partial charge in [-0.2, -0.15) is 0 Å². The smallest absolute Gasteiger partial charge is 0.261 e. The van der Waals surface area contributed by atoms with E-state index in [0.717, 1.165) is 25.9 Å². The fraction of sp³-hybridized carbons (Fsp3) is 0.381. The van der Waals surface area contributed by atoms with Crippen molar-refractivity contribution in [2.24, 2.45) is 0 Å². The van der Waals surface area contributed by atoms with Crippen LogP contribution in [0.1, 0.15) is 30.1 Å². The summed E-state index contributed by atoms with van der Waals surface area (Å²) in [6.07, 6.45) is 2.19. The van der Waals surface area contributed by atoms with Crippen LogP contribution in [0.3, 0.4) is 0 Å². The summed E-state index contributed by atoms with van der Waals surface area (Å²) in [6.45, 7) is 4.68. The van der Waals surface area contributed by atoms with Crippen molar-refractivity contribution in [3.8, 4) is 5.75 Å². The first-order chi connectivity index (χ1) is 13.9. The minimum Gasteiger partial charge on any atom is -0.496 e. The molecule has 0 saturated carbocycles. The van der Waals surface area contributed by atoms with E-state index in [9.17, 15) is 13.2 Å². The van der Waals surface area contributed by atoms with Gasteiger partial charge in [-0.25, -0.2) is 8.42 Å². The highest BCUT2D eigenvalue weighted by Crippen LogP contribution is 2.25. The highest BCUT2D eigenvalue weighted by Gasteiger charge is 2.24. The predicted molar refractivity (Wildman–Crippen MR) is 113 cm³/mol. The summed E-state index contributed by atoms with van der Waals surface area (Å²) in [5, 5.41) is 2.96. The van der Waals surface area contributed by atoms with Gasteiger partial charge >= 0.3 is 0 Å². The van der Waals surface area contributed by atoms with Crippen LogP contribution in [0, 0.1) is 0 Å². The van der Waals surface area contributed by atoms with E-state index < -0.39 is 10.0 Å². The van der Waals surface area contributed by atoms with Crippen molar-refractivity contribution < 1.29 is 17.9 Å². The molecule has 1 heterocycles. The zero-order valence-electron chi connectivity index (χ0n) is 16.7. The number of sulfonamides is 1.